The second-order valence-electron chi connectivity index (χ2n) is 8.13. The molecule has 1 N–H and O–H groups in total. The van der Waals surface area contributed by atoms with Gasteiger partial charge in [0.2, 0.25) is 0 Å². The molecule has 0 bridgehead atoms. The predicted octanol–water partition coefficient (Wildman–Crippen LogP) is 2.04. The largest absolute Gasteiger partial charge is 0.378 e. The van der Waals surface area contributed by atoms with E-state index in [0.29, 0.717) is 5.69 Å². The van der Waals surface area contributed by atoms with Gasteiger partial charge in [0.25, 0.3) is 5.91 Å². The van der Waals surface area contributed by atoms with E-state index in [1.54, 1.807) is 0 Å². The van der Waals surface area contributed by atoms with Gasteiger partial charge in [0.05, 0.1) is 13.2 Å². The molecule has 0 radical (unpaired) electrons. The number of rotatable bonds is 4. The second kappa shape index (κ2) is 7.62. The Kier molecular flexibility index (Phi) is 5.21. The Morgan fingerprint density at radius 1 is 1.22 bits per heavy atom. The highest BCUT2D eigenvalue weighted by Crippen LogP contribution is 2.32. The molecule has 0 aliphatic carbocycles. The number of piperidine rings is 1. The minimum Gasteiger partial charge on any atom is -0.378 e. The summed E-state index contributed by atoms with van der Waals surface area (Å²) in [6, 6.07) is 10.0. The fourth-order valence-electron chi connectivity index (χ4n) is 4.38. The lowest BCUT2D eigenvalue weighted by molar-refractivity contribution is -0.0927. The van der Waals surface area contributed by atoms with Gasteiger partial charge in [0, 0.05) is 49.2 Å². The molecule has 6 heteroatoms. The van der Waals surface area contributed by atoms with Crippen molar-refractivity contribution in [3.8, 4) is 0 Å². The van der Waals surface area contributed by atoms with Gasteiger partial charge in [-0.05, 0) is 39.1 Å². The van der Waals surface area contributed by atoms with Gasteiger partial charge >= 0.3 is 0 Å². The van der Waals surface area contributed by atoms with E-state index in [-0.39, 0.29) is 11.4 Å². The standard InChI is InChI=1S/C21H30N4O2/c1-23(2)11-12-25-13-14-27-16-21(25)7-9-24(10-8-21)20(26)19-15-17-5-3-4-6-18(17)22-19/h3-6,15,22H,7-14,16H2,1-2H3. The number of H-pyrrole nitrogens is 1. The van der Waals surface area contributed by atoms with Crippen LogP contribution in [-0.2, 0) is 4.74 Å². The highest BCUT2D eigenvalue weighted by molar-refractivity contribution is 5.98. The Morgan fingerprint density at radius 3 is 2.74 bits per heavy atom. The summed E-state index contributed by atoms with van der Waals surface area (Å²) >= 11 is 0. The van der Waals surface area contributed by atoms with Gasteiger partial charge in [0.15, 0.2) is 0 Å². The Bertz CT molecular complexity index is 759. The zero-order valence-electron chi connectivity index (χ0n) is 16.4. The van der Waals surface area contributed by atoms with Gasteiger partial charge in [-0.1, -0.05) is 18.2 Å². The van der Waals surface area contributed by atoms with Gasteiger partial charge in [-0.3, -0.25) is 9.69 Å². The number of nitrogens with zero attached hydrogens (tertiary/aromatic N) is 3. The van der Waals surface area contributed by atoms with Gasteiger partial charge in [0.1, 0.15) is 5.69 Å². The molecule has 2 aliphatic heterocycles. The quantitative estimate of drug-likeness (QED) is 0.895. The maximum atomic E-state index is 13.0. The summed E-state index contributed by atoms with van der Waals surface area (Å²) in [4.78, 5) is 23.1. The summed E-state index contributed by atoms with van der Waals surface area (Å²) in [5.74, 6) is 0.109. The first-order valence-electron chi connectivity index (χ1n) is 9.92. The van der Waals surface area contributed by atoms with E-state index < -0.39 is 0 Å². The van der Waals surface area contributed by atoms with Crippen LogP contribution in [0.4, 0.5) is 0 Å². The Hall–Kier alpha value is -1.89. The molecular formula is C21H30N4O2. The van der Waals surface area contributed by atoms with Crippen molar-refractivity contribution in [3.05, 3.63) is 36.0 Å². The molecule has 0 unspecified atom stereocenters. The number of aromatic amines is 1. The zero-order chi connectivity index (χ0) is 18.9. The predicted molar refractivity (Wildman–Crippen MR) is 107 cm³/mol. The average molecular weight is 370 g/mol. The topological polar surface area (TPSA) is 51.8 Å². The van der Waals surface area contributed by atoms with E-state index in [0.717, 1.165) is 69.7 Å². The molecule has 3 heterocycles. The smallest absolute Gasteiger partial charge is 0.270 e. The minimum absolute atomic E-state index is 0.0888. The van der Waals surface area contributed by atoms with Crippen molar-refractivity contribution in [1.29, 1.82) is 0 Å². The zero-order valence-corrected chi connectivity index (χ0v) is 16.4. The molecule has 1 spiro atoms. The van der Waals surface area contributed by atoms with E-state index in [4.69, 9.17) is 4.74 Å². The lowest BCUT2D eigenvalue weighted by Crippen LogP contribution is -2.62. The molecule has 1 aromatic carbocycles. The molecule has 0 atom stereocenters. The van der Waals surface area contributed by atoms with Crippen molar-refractivity contribution in [2.45, 2.75) is 18.4 Å². The van der Waals surface area contributed by atoms with E-state index in [2.05, 4.69) is 28.9 Å². The second-order valence-corrected chi connectivity index (χ2v) is 8.13. The van der Waals surface area contributed by atoms with Crippen molar-refractivity contribution in [1.82, 2.24) is 19.7 Å². The number of benzene rings is 1. The molecule has 146 valence electrons. The number of hydrogen-bond acceptors (Lipinski definition) is 4. The van der Waals surface area contributed by atoms with E-state index in [1.807, 2.05) is 35.2 Å². The molecule has 2 saturated heterocycles. The van der Waals surface area contributed by atoms with Gasteiger partial charge in [-0.15, -0.1) is 0 Å². The van der Waals surface area contributed by atoms with Crippen molar-refractivity contribution in [3.63, 3.8) is 0 Å². The third-order valence-electron chi connectivity index (χ3n) is 6.11. The number of ether oxygens (including phenoxy) is 1. The lowest BCUT2D eigenvalue weighted by atomic mass is 9.85. The first-order valence-corrected chi connectivity index (χ1v) is 9.92. The number of amides is 1. The number of nitrogens with one attached hydrogen (secondary N) is 1. The monoisotopic (exact) mass is 370 g/mol. The first-order chi connectivity index (χ1) is 13.1. The Morgan fingerprint density at radius 2 is 2.00 bits per heavy atom. The molecule has 4 rings (SSSR count). The van der Waals surface area contributed by atoms with Gasteiger partial charge in [-0.2, -0.15) is 0 Å². The summed E-state index contributed by atoms with van der Waals surface area (Å²) in [6.07, 6.45) is 1.96. The fraction of sp³-hybridized carbons (Fsp3) is 0.571. The molecule has 2 fully saturated rings. The van der Waals surface area contributed by atoms with Crippen LogP contribution < -0.4 is 0 Å². The number of carbonyl (C=O) groups is 1. The minimum atomic E-state index is 0.0888. The third-order valence-corrected chi connectivity index (χ3v) is 6.11. The van der Waals surface area contributed by atoms with Crippen LogP contribution in [0.3, 0.4) is 0 Å². The summed E-state index contributed by atoms with van der Waals surface area (Å²) in [7, 11) is 4.24. The Labute approximate surface area is 161 Å². The number of hydrogen-bond donors (Lipinski definition) is 1. The van der Waals surface area contributed by atoms with Crippen LogP contribution in [0.25, 0.3) is 10.9 Å². The van der Waals surface area contributed by atoms with Gasteiger partial charge in [-0.25, -0.2) is 0 Å². The summed E-state index contributed by atoms with van der Waals surface area (Å²) < 4.78 is 5.86. The van der Waals surface area contributed by atoms with Crippen LogP contribution in [0.15, 0.2) is 30.3 Å². The molecule has 6 nitrogen and oxygen atoms in total. The van der Waals surface area contributed by atoms with Crippen LogP contribution in [0.5, 0.6) is 0 Å². The fourth-order valence-corrected chi connectivity index (χ4v) is 4.38. The SMILES string of the molecule is CN(C)CCN1CCOCC12CCN(C(=O)c1cc3ccccc3[nH]1)CC2. The molecular weight excluding hydrogens is 340 g/mol. The average Bonchev–Trinajstić information content (AvgIpc) is 3.11. The first kappa shape index (κ1) is 18.5. The maximum absolute atomic E-state index is 13.0. The molecule has 1 amide bonds. The molecule has 27 heavy (non-hydrogen) atoms. The van der Waals surface area contributed by atoms with Crippen molar-refractivity contribution in [2.24, 2.45) is 0 Å². The summed E-state index contributed by atoms with van der Waals surface area (Å²) in [5, 5.41) is 1.09. The Balaban J connectivity index is 1.43. The van der Waals surface area contributed by atoms with Crippen molar-refractivity contribution >= 4 is 16.8 Å². The number of para-hydroxylation sites is 1. The summed E-state index contributed by atoms with van der Waals surface area (Å²) in [5.41, 5.74) is 1.80. The number of morpholine rings is 1. The number of likely N-dealkylation sites (N-methyl/N-ethyl adjacent to an activating group) is 1. The number of likely N-dealkylation sites (tertiary alicyclic amines) is 1. The highest BCUT2D eigenvalue weighted by atomic mass is 16.5. The van der Waals surface area contributed by atoms with Crippen LogP contribution in [-0.4, -0.2) is 91.2 Å². The van der Waals surface area contributed by atoms with E-state index in [1.165, 1.54) is 0 Å². The number of fused-ring (bicyclic) bond motifs is 1. The molecule has 0 saturated carbocycles. The number of aromatic nitrogens is 1. The lowest BCUT2D eigenvalue weighted by Gasteiger charge is -2.51. The van der Waals surface area contributed by atoms with E-state index >= 15 is 0 Å². The maximum Gasteiger partial charge on any atom is 0.270 e. The van der Waals surface area contributed by atoms with Crippen LogP contribution in [0.1, 0.15) is 23.3 Å². The normalized spacial score (nSPS) is 20.6. The van der Waals surface area contributed by atoms with Crippen LogP contribution in [0, 0.1) is 0 Å². The molecule has 2 aliphatic rings. The number of carbonyl (C=O) groups excluding carboxylic acids is 1. The highest BCUT2D eigenvalue weighted by Gasteiger charge is 2.42. The van der Waals surface area contributed by atoms with Gasteiger partial charge < -0.3 is 19.5 Å². The summed E-state index contributed by atoms with van der Waals surface area (Å²) in [6.45, 7) is 6.28. The van der Waals surface area contributed by atoms with Crippen molar-refractivity contribution < 1.29 is 9.53 Å². The third kappa shape index (κ3) is 3.74. The van der Waals surface area contributed by atoms with E-state index in [9.17, 15) is 4.79 Å². The van der Waals surface area contributed by atoms with Crippen molar-refractivity contribution in [2.75, 3.05) is 60.0 Å². The molecule has 2 aromatic rings. The van der Waals surface area contributed by atoms with Crippen LogP contribution >= 0.6 is 0 Å². The molecule has 1 aromatic heterocycles. The van der Waals surface area contributed by atoms with Crippen LogP contribution in [0.2, 0.25) is 0 Å².